The second kappa shape index (κ2) is 6.04. The van der Waals surface area contributed by atoms with Crippen LogP contribution < -0.4 is 5.73 Å². The molecule has 0 aromatic rings. The number of hydrogen-bond donors (Lipinski definition) is 1. The molecule has 0 radical (unpaired) electrons. The van der Waals surface area contributed by atoms with Crippen LogP contribution in [-0.2, 0) is 9.59 Å². The van der Waals surface area contributed by atoms with Gasteiger partial charge in [-0.2, -0.15) is 0 Å². The first-order valence-corrected chi connectivity index (χ1v) is 3.88. The Morgan fingerprint density at radius 2 is 2.18 bits per heavy atom. The Bertz CT molecular complexity index is 134. The van der Waals surface area contributed by atoms with Gasteiger partial charge in [-0.3, -0.25) is 4.79 Å². The summed E-state index contributed by atoms with van der Waals surface area (Å²) in [6, 6.07) is 0. The largest absolute Gasteiger partial charge is 0.330 e. The predicted octanol–water partition coefficient (Wildman–Crippen LogP) is 0.520. The Labute approximate surface area is 67.0 Å². The Morgan fingerprint density at radius 1 is 1.55 bits per heavy atom. The lowest BCUT2D eigenvalue weighted by Gasteiger charge is -2.03. The van der Waals surface area contributed by atoms with Crippen LogP contribution >= 0.6 is 0 Å². The molecule has 0 aromatic heterocycles. The Hall–Kier alpha value is -0.700. The molecular weight excluding hydrogens is 142 g/mol. The quantitative estimate of drug-likeness (QED) is 0.347. The highest BCUT2D eigenvalue weighted by Gasteiger charge is 2.11. The van der Waals surface area contributed by atoms with Crippen molar-refractivity contribution in [1.29, 1.82) is 0 Å². The van der Waals surface area contributed by atoms with Crippen molar-refractivity contribution in [2.24, 2.45) is 11.7 Å². The molecule has 0 amide bonds. The monoisotopic (exact) mass is 157 g/mol. The highest BCUT2D eigenvalue weighted by molar-refractivity contribution is 5.91. The normalized spacial score (nSPS) is 12.5. The first-order valence-electron chi connectivity index (χ1n) is 3.88. The van der Waals surface area contributed by atoms with Gasteiger partial charge in [0, 0.05) is 0 Å². The Kier molecular flexibility index (Phi) is 5.65. The highest BCUT2D eigenvalue weighted by atomic mass is 16.1. The SMILES string of the molecule is CC(=O)C(C=O)CCCCN. The molecule has 0 rings (SSSR count). The minimum atomic E-state index is -0.401. The summed E-state index contributed by atoms with van der Waals surface area (Å²) in [6.45, 7) is 2.07. The molecule has 2 N–H and O–H groups in total. The van der Waals surface area contributed by atoms with E-state index >= 15 is 0 Å². The molecule has 0 spiro atoms. The van der Waals surface area contributed by atoms with Crippen LogP contribution in [0.2, 0.25) is 0 Å². The molecule has 0 aliphatic rings. The zero-order chi connectivity index (χ0) is 8.69. The molecule has 0 saturated carbocycles. The fourth-order valence-electron chi connectivity index (χ4n) is 0.876. The van der Waals surface area contributed by atoms with Crippen molar-refractivity contribution in [2.75, 3.05) is 6.54 Å². The van der Waals surface area contributed by atoms with Crippen LogP contribution in [0.4, 0.5) is 0 Å². The maximum atomic E-state index is 10.7. The minimum absolute atomic E-state index is 0.0444. The number of unbranched alkanes of at least 4 members (excludes halogenated alkanes) is 1. The number of hydrogen-bond acceptors (Lipinski definition) is 3. The number of Topliss-reactive ketones (excluding diaryl/α,β-unsaturated/α-hetero) is 1. The topological polar surface area (TPSA) is 60.2 Å². The lowest BCUT2D eigenvalue weighted by Crippen LogP contribution is -2.12. The zero-order valence-corrected chi connectivity index (χ0v) is 6.88. The summed E-state index contributed by atoms with van der Waals surface area (Å²) < 4.78 is 0. The van der Waals surface area contributed by atoms with Gasteiger partial charge in [-0.15, -0.1) is 0 Å². The minimum Gasteiger partial charge on any atom is -0.330 e. The number of carbonyl (C=O) groups excluding carboxylic acids is 2. The van der Waals surface area contributed by atoms with Gasteiger partial charge in [-0.1, -0.05) is 6.42 Å². The van der Waals surface area contributed by atoms with Gasteiger partial charge in [0.15, 0.2) is 0 Å². The fourth-order valence-corrected chi connectivity index (χ4v) is 0.876. The van der Waals surface area contributed by atoms with Crippen LogP contribution in [0.15, 0.2) is 0 Å². The molecule has 1 unspecified atom stereocenters. The third-order valence-electron chi connectivity index (χ3n) is 1.66. The van der Waals surface area contributed by atoms with Gasteiger partial charge in [-0.25, -0.2) is 0 Å². The fraction of sp³-hybridized carbons (Fsp3) is 0.750. The molecule has 0 bridgehead atoms. The van der Waals surface area contributed by atoms with E-state index in [0.717, 1.165) is 19.1 Å². The smallest absolute Gasteiger partial charge is 0.139 e. The van der Waals surface area contributed by atoms with E-state index in [2.05, 4.69) is 0 Å². The van der Waals surface area contributed by atoms with E-state index in [1.54, 1.807) is 0 Å². The van der Waals surface area contributed by atoms with Crippen molar-refractivity contribution in [2.45, 2.75) is 26.2 Å². The van der Waals surface area contributed by atoms with E-state index in [0.29, 0.717) is 13.0 Å². The van der Waals surface area contributed by atoms with Gasteiger partial charge in [0.05, 0.1) is 5.92 Å². The molecule has 1 atom stereocenters. The van der Waals surface area contributed by atoms with Crippen LogP contribution in [-0.4, -0.2) is 18.6 Å². The van der Waals surface area contributed by atoms with Gasteiger partial charge < -0.3 is 10.5 Å². The summed E-state index contributed by atoms with van der Waals surface area (Å²) in [4.78, 5) is 21.0. The standard InChI is InChI=1S/C8H15NO2/c1-7(11)8(6-10)4-2-3-5-9/h6,8H,2-5,9H2,1H3. The second-order valence-corrected chi connectivity index (χ2v) is 2.64. The lowest BCUT2D eigenvalue weighted by atomic mass is 10.00. The summed E-state index contributed by atoms with van der Waals surface area (Å²) in [6.07, 6.45) is 3.12. The van der Waals surface area contributed by atoms with E-state index < -0.39 is 5.92 Å². The van der Waals surface area contributed by atoms with E-state index in [1.165, 1.54) is 6.92 Å². The van der Waals surface area contributed by atoms with Crippen molar-refractivity contribution in [3.05, 3.63) is 0 Å². The molecule has 0 aromatic carbocycles. The predicted molar refractivity (Wildman–Crippen MR) is 43.1 cm³/mol. The van der Waals surface area contributed by atoms with Gasteiger partial charge >= 0.3 is 0 Å². The highest BCUT2D eigenvalue weighted by Crippen LogP contribution is 2.06. The average Bonchev–Trinajstić information content (AvgIpc) is 1.97. The van der Waals surface area contributed by atoms with Gasteiger partial charge in [-0.05, 0) is 26.3 Å². The lowest BCUT2D eigenvalue weighted by molar-refractivity contribution is -0.125. The van der Waals surface area contributed by atoms with Crippen molar-refractivity contribution < 1.29 is 9.59 Å². The Morgan fingerprint density at radius 3 is 2.55 bits per heavy atom. The summed E-state index contributed by atoms with van der Waals surface area (Å²) in [5, 5.41) is 0. The maximum absolute atomic E-state index is 10.7. The number of nitrogens with two attached hydrogens (primary N) is 1. The zero-order valence-electron chi connectivity index (χ0n) is 6.88. The van der Waals surface area contributed by atoms with E-state index in [1.807, 2.05) is 0 Å². The molecule has 0 aliphatic heterocycles. The summed E-state index contributed by atoms with van der Waals surface area (Å²) >= 11 is 0. The molecule has 3 heteroatoms. The number of rotatable bonds is 6. The molecule has 0 aliphatic carbocycles. The van der Waals surface area contributed by atoms with E-state index in [4.69, 9.17) is 5.73 Å². The van der Waals surface area contributed by atoms with Gasteiger partial charge in [0.25, 0.3) is 0 Å². The average molecular weight is 157 g/mol. The van der Waals surface area contributed by atoms with E-state index in [-0.39, 0.29) is 5.78 Å². The van der Waals surface area contributed by atoms with Crippen molar-refractivity contribution in [1.82, 2.24) is 0 Å². The molecule has 11 heavy (non-hydrogen) atoms. The molecule has 64 valence electrons. The molecular formula is C8H15NO2. The third-order valence-corrected chi connectivity index (χ3v) is 1.66. The van der Waals surface area contributed by atoms with E-state index in [9.17, 15) is 9.59 Å². The molecule has 0 fully saturated rings. The maximum Gasteiger partial charge on any atom is 0.139 e. The first kappa shape index (κ1) is 10.3. The van der Waals surface area contributed by atoms with Crippen LogP contribution in [0.25, 0.3) is 0 Å². The van der Waals surface area contributed by atoms with Crippen LogP contribution in [0.5, 0.6) is 0 Å². The molecule has 0 saturated heterocycles. The summed E-state index contributed by atoms with van der Waals surface area (Å²) in [7, 11) is 0. The van der Waals surface area contributed by atoms with Crippen molar-refractivity contribution in [3.63, 3.8) is 0 Å². The summed E-state index contributed by atoms with van der Waals surface area (Å²) in [5.41, 5.74) is 5.26. The van der Waals surface area contributed by atoms with Gasteiger partial charge in [0.1, 0.15) is 12.1 Å². The first-order chi connectivity index (χ1) is 5.22. The van der Waals surface area contributed by atoms with Crippen molar-refractivity contribution in [3.8, 4) is 0 Å². The van der Waals surface area contributed by atoms with Crippen LogP contribution in [0.1, 0.15) is 26.2 Å². The number of aldehydes is 1. The summed E-state index contributed by atoms with van der Waals surface area (Å²) in [5.74, 6) is -0.446. The van der Waals surface area contributed by atoms with Gasteiger partial charge in [0.2, 0.25) is 0 Å². The van der Waals surface area contributed by atoms with Crippen molar-refractivity contribution >= 4 is 12.1 Å². The number of ketones is 1. The second-order valence-electron chi connectivity index (χ2n) is 2.64. The number of carbonyl (C=O) groups is 2. The van der Waals surface area contributed by atoms with Crippen LogP contribution in [0, 0.1) is 5.92 Å². The third kappa shape index (κ3) is 4.67. The molecule has 3 nitrogen and oxygen atoms in total. The Balaban J connectivity index is 3.52. The van der Waals surface area contributed by atoms with Crippen LogP contribution in [0.3, 0.4) is 0 Å². The molecule has 0 heterocycles.